The van der Waals surface area contributed by atoms with Crippen LogP contribution in [0.15, 0.2) is 4.99 Å². The van der Waals surface area contributed by atoms with Gasteiger partial charge in [0.05, 0.1) is 5.54 Å². The average Bonchev–Trinajstić information content (AvgIpc) is 2.74. The summed E-state index contributed by atoms with van der Waals surface area (Å²) in [7, 11) is 0. The first-order valence-corrected chi connectivity index (χ1v) is 13.5. The van der Waals surface area contributed by atoms with E-state index in [9.17, 15) is 0 Å². The van der Waals surface area contributed by atoms with Crippen molar-refractivity contribution >= 4 is 6.72 Å². The zero-order chi connectivity index (χ0) is 25.3. The second kappa shape index (κ2) is 13.6. The monoisotopic (exact) mass is 467 g/mol. The van der Waals surface area contributed by atoms with Crippen molar-refractivity contribution in [2.45, 2.75) is 117 Å². The first kappa shape index (κ1) is 30.5. The van der Waals surface area contributed by atoms with Gasteiger partial charge in [0, 0.05) is 37.5 Å². The number of rotatable bonds is 4. The number of nitrogens with zero attached hydrogens (tertiary/aromatic N) is 1. The van der Waals surface area contributed by atoms with E-state index in [2.05, 4.69) is 67.1 Å². The summed E-state index contributed by atoms with van der Waals surface area (Å²) in [5.74, 6) is 3.44. The number of hydrogen-bond acceptors (Lipinski definition) is 5. The molecule has 0 spiro atoms. The molecule has 3 aliphatic rings. The summed E-state index contributed by atoms with van der Waals surface area (Å²) in [6.07, 6.45) is 7.91. The first-order chi connectivity index (χ1) is 15.3. The minimum absolute atomic E-state index is 0.0538. The molecule has 5 nitrogen and oxygen atoms in total. The molecule has 5 heteroatoms. The SMILES string of the molecule is C=NC1(C(C)C)CCOCC1.CC(C)C1(N)CCOCC1.CC1CC(C)CC(N)(C(C)C)C1. The zero-order valence-corrected chi connectivity index (χ0v) is 23.3. The van der Waals surface area contributed by atoms with E-state index in [0.29, 0.717) is 17.8 Å². The summed E-state index contributed by atoms with van der Waals surface area (Å²) in [4.78, 5) is 4.25. The van der Waals surface area contributed by atoms with Crippen LogP contribution in [0.2, 0.25) is 0 Å². The lowest BCUT2D eigenvalue weighted by atomic mass is 9.67. The Hall–Kier alpha value is -0.490. The number of nitrogens with two attached hydrogens (primary N) is 2. The Labute approximate surface area is 205 Å². The fourth-order valence-corrected chi connectivity index (χ4v) is 5.68. The van der Waals surface area contributed by atoms with Crippen LogP contribution in [-0.2, 0) is 9.47 Å². The molecule has 1 aliphatic carbocycles. The van der Waals surface area contributed by atoms with Crippen molar-refractivity contribution < 1.29 is 9.47 Å². The molecule has 2 saturated heterocycles. The average molecular weight is 468 g/mol. The van der Waals surface area contributed by atoms with E-state index in [0.717, 1.165) is 63.9 Å². The predicted molar refractivity (Wildman–Crippen MR) is 143 cm³/mol. The highest BCUT2D eigenvalue weighted by atomic mass is 16.5. The van der Waals surface area contributed by atoms with Crippen molar-refractivity contribution in [3.05, 3.63) is 0 Å². The number of hydrogen-bond donors (Lipinski definition) is 2. The lowest BCUT2D eigenvalue weighted by molar-refractivity contribution is 0.0363. The third-order valence-electron chi connectivity index (χ3n) is 8.73. The molecule has 3 rings (SSSR count). The van der Waals surface area contributed by atoms with Crippen molar-refractivity contribution in [2.24, 2.45) is 46.0 Å². The van der Waals surface area contributed by atoms with Gasteiger partial charge in [-0.3, -0.25) is 4.99 Å². The zero-order valence-electron chi connectivity index (χ0n) is 23.3. The minimum Gasteiger partial charge on any atom is -0.381 e. The van der Waals surface area contributed by atoms with Gasteiger partial charge in [-0.15, -0.1) is 0 Å². The Morgan fingerprint density at radius 1 is 0.697 bits per heavy atom. The molecule has 0 amide bonds. The van der Waals surface area contributed by atoms with Crippen LogP contribution in [-0.4, -0.2) is 49.8 Å². The van der Waals surface area contributed by atoms with E-state index in [1.54, 1.807) is 0 Å². The molecular weight excluding hydrogens is 410 g/mol. The molecule has 2 aliphatic heterocycles. The molecule has 0 aromatic heterocycles. The van der Waals surface area contributed by atoms with Gasteiger partial charge in [0.1, 0.15) is 0 Å². The van der Waals surface area contributed by atoms with E-state index >= 15 is 0 Å². The lowest BCUT2D eigenvalue weighted by Crippen LogP contribution is -2.50. The number of ether oxygens (including phenoxy) is 2. The van der Waals surface area contributed by atoms with Gasteiger partial charge in [-0.2, -0.15) is 0 Å². The van der Waals surface area contributed by atoms with E-state index in [1.807, 2.05) is 0 Å². The topological polar surface area (TPSA) is 82.9 Å². The summed E-state index contributed by atoms with van der Waals surface area (Å²) in [5, 5.41) is 0. The van der Waals surface area contributed by atoms with E-state index in [4.69, 9.17) is 20.9 Å². The summed E-state index contributed by atoms with van der Waals surface area (Å²) >= 11 is 0. The fraction of sp³-hybridized carbons (Fsp3) is 0.964. The van der Waals surface area contributed by atoms with Gasteiger partial charge in [-0.1, -0.05) is 55.4 Å². The maximum Gasteiger partial charge on any atom is 0.0667 e. The largest absolute Gasteiger partial charge is 0.381 e. The van der Waals surface area contributed by atoms with Crippen molar-refractivity contribution in [3.63, 3.8) is 0 Å². The maximum absolute atomic E-state index is 6.38. The molecule has 1 saturated carbocycles. The summed E-state index contributed by atoms with van der Waals surface area (Å²) in [6.45, 7) is 25.0. The summed E-state index contributed by atoms with van der Waals surface area (Å²) in [6, 6.07) is 0. The molecule has 2 heterocycles. The minimum atomic E-state index is 0.0538. The standard InChI is InChI=1S/C11H23N.C9H17NO.C8H17NO/c1-8(2)11(12)6-9(3)5-10(4)7-11;1-8(2)9(10-3)4-6-11-7-5-9;1-7(2)8(9)3-5-10-6-4-8/h8-10H,5-7,12H2,1-4H3;8H,3-7H2,1-2H3;7H,3-6,9H2,1-2H3. The highest BCUT2D eigenvalue weighted by Gasteiger charge is 2.37. The van der Waals surface area contributed by atoms with Gasteiger partial charge in [0.2, 0.25) is 0 Å². The Morgan fingerprint density at radius 2 is 1.09 bits per heavy atom. The summed E-state index contributed by atoms with van der Waals surface area (Å²) in [5.41, 5.74) is 12.8. The quantitative estimate of drug-likeness (QED) is 0.509. The van der Waals surface area contributed by atoms with Crippen LogP contribution in [0.5, 0.6) is 0 Å². The normalized spacial score (nSPS) is 31.3. The maximum atomic E-state index is 6.38. The van der Waals surface area contributed by atoms with Crippen LogP contribution in [0, 0.1) is 29.6 Å². The Bertz CT molecular complexity index is 539. The molecule has 0 aromatic rings. The molecule has 0 radical (unpaired) electrons. The van der Waals surface area contributed by atoms with Crippen LogP contribution >= 0.6 is 0 Å². The Kier molecular flexibility index (Phi) is 12.5. The van der Waals surface area contributed by atoms with Crippen LogP contribution in [0.25, 0.3) is 0 Å². The highest BCUT2D eigenvalue weighted by molar-refractivity contribution is 5.26. The molecule has 3 fully saturated rings. The molecule has 0 bridgehead atoms. The van der Waals surface area contributed by atoms with Crippen molar-refractivity contribution in [1.82, 2.24) is 0 Å². The number of aliphatic imine (C=N–C) groups is 1. The molecule has 196 valence electrons. The smallest absolute Gasteiger partial charge is 0.0667 e. The van der Waals surface area contributed by atoms with Crippen molar-refractivity contribution in [1.29, 1.82) is 0 Å². The molecule has 4 N–H and O–H groups in total. The van der Waals surface area contributed by atoms with Gasteiger partial charge >= 0.3 is 0 Å². The van der Waals surface area contributed by atoms with Gasteiger partial charge < -0.3 is 20.9 Å². The van der Waals surface area contributed by atoms with E-state index < -0.39 is 0 Å². The van der Waals surface area contributed by atoms with Crippen LogP contribution in [0.3, 0.4) is 0 Å². The summed E-state index contributed by atoms with van der Waals surface area (Å²) < 4.78 is 10.5. The molecule has 0 aromatic carbocycles. The molecule has 2 unspecified atom stereocenters. The Balaban J connectivity index is 0.000000249. The second-order valence-electron chi connectivity index (χ2n) is 12.3. The van der Waals surface area contributed by atoms with Crippen molar-refractivity contribution in [3.8, 4) is 0 Å². The van der Waals surface area contributed by atoms with Crippen LogP contribution in [0.1, 0.15) is 100 Å². The van der Waals surface area contributed by atoms with Gasteiger partial charge in [-0.25, -0.2) is 0 Å². The fourth-order valence-electron chi connectivity index (χ4n) is 5.68. The highest BCUT2D eigenvalue weighted by Crippen LogP contribution is 2.38. The van der Waals surface area contributed by atoms with Gasteiger partial charge in [0.15, 0.2) is 0 Å². The van der Waals surface area contributed by atoms with E-state index in [1.165, 1.54) is 19.3 Å². The third kappa shape index (κ3) is 9.23. The Morgan fingerprint density at radius 3 is 1.36 bits per heavy atom. The van der Waals surface area contributed by atoms with E-state index in [-0.39, 0.29) is 16.6 Å². The lowest BCUT2D eigenvalue weighted by Gasteiger charge is -2.43. The third-order valence-corrected chi connectivity index (χ3v) is 8.73. The van der Waals surface area contributed by atoms with Crippen LogP contribution < -0.4 is 11.5 Å². The molecule has 2 atom stereocenters. The second-order valence-corrected chi connectivity index (χ2v) is 12.3. The predicted octanol–water partition coefficient (Wildman–Crippen LogP) is 5.84. The van der Waals surface area contributed by atoms with Gasteiger partial charge in [0.25, 0.3) is 0 Å². The molecular formula is C28H57N3O2. The van der Waals surface area contributed by atoms with Crippen LogP contribution in [0.4, 0.5) is 0 Å². The first-order valence-electron chi connectivity index (χ1n) is 13.5. The van der Waals surface area contributed by atoms with Crippen molar-refractivity contribution in [2.75, 3.05) is 26.4 Å². The molecule has 33 heavy (non-hydrogen) atoms. The van der Waals surface area contributed by atoms with Gasteiger partial charge in [-0.05, 0) is 81.3 Å².